The van der Waals surface area contributed by atoms with Gasteiger partial charge in [-0.15, -0.1) is 0 Å². The highest BCUT2D eigenvalue weighted by Gasteiger charge is 2.13. The normalized spacial score (nSPS) is 11.9. The average molecular weight is 412 g/mol. The lowest BCUT2D eigenvalue weighted by molar-refractivity contribution is -0.385. The van der Waals surface area contributed by atoms with Crippen LogP contribution in [0.4, 0.5) is 11.4 Å². The molecular weight excluding hydrogens is 392 g/mol. The van der Waals surface area contributed by atoms with Gasteiger partial charge in [-0.2, -0.15) is 0 Å². The monoisotopic (exact) mass is 412 g/mol. The summed E-state index contributed by atoms with van der Waals surface area (Å²) in [5.41, 5.74) is 4.57. The van der Waals surface area contributed by atoms with Crippen LogP contribution >= 0.6 is 0 Å². The van der Waals surface area contributed by atoms with Crippen molar-refractivity contribution in [3.8, 4) is 5.69 Å². The third kappa shape index (κ3) is 4.25. The quantitative estimate of drug-likeness (QED) is 0.390. The number of aliphatic imine (C=N–C) groups is 1. The second-order valence-electron chi connectivity index (χ2n) is 6.69. The van der Waals surface area contributed by atoms with Crippen LogP contribution in [-0.4, -0.2) is 24.1 Å². The van der Waals surface area contributed by atoms with E-state index in [0.717, 1.165) is 22.6 Å². The average Bonchev–Trinajstić information content (AvgIpc) is 2.93. The summed E-state index contributed by atoms with van der Waals surface area (Å²) in [7, 11) is -3.75. The number of nitrogens with zero attached hydrogens (tertiary/aromatic N) is 3. The number of hydrogen-bond acceptors (Lipinski definition) is 5. The number of benzene rings is 2. The van der Waals surface area contributed by atoms with E-state index in [4.69, 9.17) is 5.14 Å². The molecule has 0 amide bonds. The van der Waals surface area contributed by atoms with Crippen molar-refractivity contribution in [2.45, 2.75) is 25.7 Å². The Balaban J connectivity index is 1.95. The number of aromatic nitrogens is 1. The maximum Gasteiger partial charge on any atom is 0.274 e. The van der Waals surface area contributed by atoms with E-state index in [-0.39, 0.29) is 10.6 Å². The van der Waals surface area contributed by atoms with Crippen LogP contribution in [0.15, 0.2) is 58.4 Å². The van der Waals surface area contributed by atoms with Gasteiger partial charge in [0.1, 0.15) is 0 Å². The van der Waals surface area contributed by atoms with Crippen LogP contribution in [0.1, 0.15) is 22.5 Å². The minimum absolute atomic E-state index is 0.0278. The standard InChI is InChI=1S/C20H20N4O4S/c1-13-4-5-17(11-20(13)24(25)26)22-12-16-10-14(2)23(15(16)3)18-6-8-19(9-7-18)29(21,27)28/h4-12H,1-3H3,(H2,21,27,28). The lowest BCUT2D eigenvalue weighted by Gasteiger charge is -2.10. The molecule has 2 N–H and O–H groups in total. The first-order chi connectivity index (χ1) is 13.6. The van der Waals surface area contributed by atoms with Gasteiger partial charge < -0.3 is 4.57 Å². The maximum absolute atomic E-state index is 11.4. The number of rotatable bonds is 5. The topological polar surface area (TPSA) is 121 Å². The molecule has 0 aliphatic heterocycles. The highest BCUT2D eigenvalue weighted by atomic mass is 32.2. The molecule has 0 aliphatic carbocycles. The number of aryl methyl sites for hydroxylation is 2. The van der Waals surface area contributed by atoms with Crippen LogP contribution in [0.3, 0.4) is 0 Å². The third-order valence-corrected chi connectivity index (χ3v) is 5.57. The van der Waals surface area contributed by atoms with Crippen LogP contribution in [-0.2, 0) is 10.0 Å². The Morgan fingerprint density at radius 2 is 1.72 bits per heavy atom. The largest absolute Gasteiger partial charge is 0.318 e. The zero-order valence-electron chi connectivity index (χ0n) is 16.2. The van der Waals surface area contributed by atoms with Crippen molar-refractivity contribution < 1.29 is 13.3 Å². The second kappa shape index (κ2) is 7.61. The van der Waals surface area contributed by atoms with Gasteiger partial charge in [-0.3, -0.25) is 15.1 Å². The van der Waals surface area contributed by atoms with E-state index in [0.29, 0.717) is 11.3 Å². The van der Waals surface area contributed by atoms with Gasteiger partial charge in [0.2, 0.25) is 10.0 Å². The van der Waals surface area contributed by atoms with Gasteiger partial charge in [0, 0.05) is 40.5 Å². The first kappa shape index (κ1) is 20.4. The van der Waals surface area contributed by atoms with E-state index in [1.54, 1.807) is 37.4 Å². The Hall–Kier alpha value is -3.30. The number of nitro groups is 1. The molecule has 0 atom stereocenters. The first-order valence-corrected chi connectivity index (χ1v) is 10.2. The van der Waals surface area contributed by atoms with Gasteiger partial charge in [-0.1, -0.05) is 6.07 Å². The SMILES string of the molecule is Cc1ccc(N=Cc2cc(C)n(-c3ccc(S(N)(=O)=O)cc3)c2C)cc1[N+](=O)[O-]. The third-order valence-electron chi connectivity index (χ3n) is 4.64. The number of sulfonamides is 1. The second-order valence-corrected chi connectivity index (χ2v) is 8.25. The lowest BCUT2D eigenvalue weighted by atomic mass is 10.2. The number of primary sulfonamides is 1. The van der Waals surface area contributed by atoms with Gasteiger partial charge in [0.25, 0.3) is 5.69 Å². The lowest BCUT2D eigenvalue weighted by Crippen LogP contribution is -2.12. The fraction of sp³-hybridized carbons (Fsp3) is 0.150. The van der Waals surface area contributed by atoms with Gasteiger partial charge in [-0.25, -0.2) is 13.6 Å². The van der Waals surface area contributed by atoms with Crippen LogP contribution in [0.25, 0.3) is 5.69 Å². The Kier molecular flexibility index (Phi) is 5.36. The molecule has 150 valence electrons. The smallest absolute Gasteiger partial charge is 0.274 e. The molecule has 0 fully saturated rings. The fourth-order valence-electron chi connectivity index (χ4n) is 3.12. The highest BCUT2D eigenvalue weighted by molar-refractivity contribution is 7.89. The van der Waals surface area contributed by atoms with Gasteiger partial charge in [0.05, 0.1) is 15.5 Å². The summed E-state index contributed by atoms with van der Waals surface area (Å²) in [5, 5.41) is 16.2. The molecule has 29 heavy (non-hydrogen) atoms. The molecule has 8 nitrogen and oxygen atoms in total. The number of hydrogen-bond donors (Lipinski definition) is 1. The Labute approximate surface area is 168 Å². The van der Waals surface area contributed by atoms with Crippen LogP contribution in [0.5, 0.6) is 0 Å². The summed E-state index contributed by atoms with van der Waals surface area (Å²) >= 11 is 0. The molecule has 0 aliphatic rings. The summed E-state index contributed by atoms with van der Waals surface area (Å²) in [4.78, 5) is 15.1. The minimum atomic E-state index is -3.75. The molecule has 0 radical (unpaired) electrons. The van der Waals surface area contributed by atoms with Crippen molar-refractivity contribution in [1.82, 2.24) is 4.57 Å². The van der Waals surface area contributed by atoms with Crippen LogP contribution in [0.2, 0.25) is 0 Å². The molecule has 2 aromatic carbocycles. The summed E-state index contributed by atoms with van der Waals surface area (Å²) in [6.45, 7) is 5.52. The maximum atomic E-state index is 11.4. The Morgan fingerprint density at radius 1 is 1.07 bits per heavy atom. The minimum Gasteiger partial charge on any atom is -0.318 e. The highest BCUT2D eigenvalue weighted by Crippen LogP contribution is 2.25. The van der Waals surface area contributed by atoms with Gasteiger partial charge in [0.15, 0.2) is 0 Å². The summed E-state index contributed by atoms with van der Waals surface area (Å²) in [5.74, 6) is 0. The van der Waals surface area contributed by atoms with Crippen LogP contribution in [0, 0.1) is 30.9 Å². The molecule has 0 saturated carbocycles. The predicted octanol–water partition coefficient (Wildman–Crippen LogP) is 3.71. The molecule has 0 unspecified atom stereocenters. The number of nitrogens with two attached hydrogens (primary N) is 1. The summed E-state index contributed by atoms with van der Waals surface area (Å²) in [6.07, 6.45) is 1.66. The first-order valence-electron chi connectivity index (χ1n) is 8.69. The van der Waals surface area contributed by atoms with Crippen molar-refractivity contribution in [2.24, 2.45) is 10.1 Å². The predicted molar refractivity (Wildman–Crippen MR) is 112 cm³/mol. The van der Waals surface area contributed by atoms with Gasteiger partial charge in [-0.05, 0) is 57.2 Å². The van der Waals surface area contributed by atoms with Crippen molar-refractivity contribution in [2.75, 3.05) is 0 Å². The summed E-state index contributed by atoms with van der Waals surface area (Å²) in [6, 6.07) is 13.1. The van der Waals surface area contributed by atoms with Crippen molar-refractivity contribution in [1.29, 1.82) is 0 Å². The molecule has 0 saturated heterocycles. The van der Waals surface area contributed by atoms with E-state index < -0.39 is 14.9 Å². The molecule has 9 heteroatoms. The van der Waals surface area contributed by atoms with E-state index >= 15 is 0 Å². The van der Waals surface area contributed by atoms with E-state index in [1.807, 2.05) is 24.5 Å². The molecule has 0 spiro atoms. The van der Waals surface area contributed by atoms with E-state index in [1.165, 1.54) is 18.2 Å². The molecule has 3 aromatic rings. The molecule has 0 bridgehead atoms. The van der Waals surface area contributed by atoms with Crippen molar-refractivity contribution in [3.63, 3.8) is 0 Å². The number of nitro benzene ring substituents is 1. The van der Waals surface area contributed by atoms with Crippen LogP contribution < -0.4 is 5.14 Å². The van der Waals surface area contributed by atoms with E-state index in [9.17, 15) is 18.5 Å². The Bertz CT molecular complexity index is 1230. The molecular formula is C20H20N4O4S. The van der Waals surface area contributed by atoms with E-state index in [2.05, 4.69) is 4.99 Å². The van der Waals surface area contributed by atoms with Crippen molar-refractivity contribution in [3.05, 3.63) is 81.2 Å². The molecule has 1 heterocycles. The molecule has 3 rings (SSSR count). The zero-order chi connectivity index (χ0) is 21.3. The molecule has 1 aromatic heterocycles. The van der Waals surface area contributed by atoms with Gasteiger partial charge >= 0.3 is 0 Å². The fourth-order valence-corrected chi connectivity index (χ4v) is 3.63. The van der Waals surface area contributed by atoms with Crippen molar-refractivity contribution >= 4 is 27.6 Å². The summed E-state index contributed by atoms with van der Waals surface area (Å²) < 4.78 is 24.8. The Morgan fingerprint density at radius 3 is 2.31 bits per heavy atom. The zero-order valence-corrected chi connectivity index (χ0v) is 17.0.